The Morgan fingerprint density at radius 1 is 1.63 bits per heavy atom. The van der Waals surface area contributed by atoms with Crippen molar-refractivity contribution in [2.24, 2.45) is 0 Å². The fourth-order valence-corrected chi connectivity index (χ4v) is 2.34. The predicted octanol–water partition coefficient (Wildman–Crippen LogP) is 1.76. The van der Waals surface area contributed by atoms with Crippen LogP contribution in [0.15, 0.2) is 12.3 Å². The van der Waals surface area contributed by atoms with Crippen molar-refractivity contribution in [3.8, 4) is 0 Å². The molecule has 1 aliphatic heterocycles. The van der Waals surface area contributed by atoms with E-state index < -0.39 is 6.10 Å². The molecule has 2 heterocycles. The Kier molecular flexibility index (Phi) is 4.99. The van der Waals surface area contributed by atoms with Crippen molar-refractivity contribution in [3.05, 3.63) is 28.0 Å². The van der Waals surface area contributed by atoms with E-state index in [4.69, 9.17) is 27.9 Å². The van der Waals surface area contributed by atoms with Crippen LogP contribution in [0.1, 0.15) is 5.56 Å². The second kappa shape index (κ2) is 6.52. The quantitative estimate of drug-likeness (QED) is 0.629. The topological polar surface area (TPSA) is 51.7 Å². The van der Waals surface area contributed by atoms with Gasteiger partial charge in [-0.1, -0.05) is 23.2 Å². The van der Waals surface area contributed by atoms with Crippen LogP contribution in [0.5, 0.6) is 0 Å². The first-order valence-corrected chi connectivity index (χ1v) is 6.57. The maximum absolute atomic E-state index is 11.4. The van der Waals surface area contributed by atoms with E-state index in [2.05, 4.69) is 14.6 Å². The Labute approximate surface area is 121 Å². The molecule has 1 saturated heterocycles. The molecule has 2 rings (SSSR count). The van der Waals surface area contributed by atoms with Gasteiger partial charge in [0, 0.05) is 36.4 Å². The fraction of sp³-hybridized carbons (Fsp3) is 0.500. The molecule has 7 heteroatoms. The summed E-state index contributed by atoms with van der Waals surface area (Å²) in [6, 6.07) is 1.61. The van der Waals surface area contributed by atoms with Gasteiger partial charge in [-0.3, -0.25) is 4.90 Å². The molecule has 5 nitrogen and oxygen atoms in total. The largest absolute Gasteiger partial charge is 0.467 e. The van der Waals surface area contributed by atoms with Gasteiger partial charge in [-0.15, -0.1) is 0 Å². The van der Waals surface area contributed by atoms with E-state index in [0.29, 0.717) is 29.9 Å². The third kappa shape index (κ3) is 3.79. The predicted molar refractivity (Wildman–Crippen MR) is 71.3 cm³/mol. The molecule has 1 unspecified atom stereocenters. The average Bonchev–Trinajstić information content (AvgIpc) is 2.41. The van der Waals surface area contributed by atoms with Crippen molar-refractivity contribution in [2.75, 3.05) is 26.8 Å². The zero-order valence-corrected chi connectivity index (χ0v) is 11.9. The Balaban J connectivity index is 2.00. The number of carbonyl (C=O) groups is 1. The molecule has 0 amide bonds. The molecule has 0 spiro atoms. The van der Waals surface area contributed by atoms with Crippen LogP contribution < -0.4 is 0 Å². The van der Waals surface area contributed by atoms with Crippen LogP contribution in [0.25, 0.3) is 0 Å². The lowest BCUT2D eigenvalue weighted by atomic mass is 10.2. The van der Waals surface area contributed by atoms with E-state index in [1.54, 1.807) is 12.3 Å². The number of hydrogen-bond acceptors (Lipinski definition) is 5. The summed E-state index contributed by atoms with van der Waals surface area (Å²) in [4.78, 5) is 17.5. The third-order valence-electron chi connectivity index (χ3n) is 2.90. The zero-order valence-electron chi connectivity index (χ0n) is 10.4. The normalized spacial score (nSPS) is 20.3. The summed E-state index contributed by atoms with van der Waals surface area (Å²) in [6.07, 6.45) is 1.10. The highest BCUT2D eigenvalue weighted by molar-refractivity contribution is 6.34. The van der Waals surface area contributed by atoms with Crippen LogP contribution >= 0.6 is 23.2 Å². The molecular formula is C12H14Cl2N2O3. The Hall–Kier alpha value is -0.880. The van der Waals surface area contributed by atoms with Crippen LogP contribution in [-0.4, -0.2) is 48.8 Å². The number of esters is 1. The van der Waals surface area contributed by atoms with Crippen LogP contribution in [0.3, 0.4) is 0 Å². The summed E-state index contributed by atoms with van der Waals surface area (Å²) in [6.45, 7) is 2.29. The monoisotopic (exact) mass is 304 g/mol. The van der Waals surface area contributed by atoms with Gasteiger partial charge in [0.05, 0.1) is 13.7 Å². The summed E-state index contributed by atoms with van der Waals surface area (Å²) in [7, 11) is 1.35. The highest BCUT2D eigenvalue weighted by Crippen LogP contribution is 2.21. The van der Waals surface area contributed by atoms with Crippen LogP contribution in [-0.2, 0) is 20.8 Å². The molecule has 0 radical (unpaired) electrons. The van der Waals surface area contributed by atoms with E-state index in [1.165, 1.54) is 7.11 Å². The maximum atomic E-state index is 11.4. The molecule has 19 heavy (non-hydrogen) atoms. The van der Waals surface area contributed by atoms with Gasteiger partial charge < -0.3 is 9.47 Å². The summed E-state index contributed by atoms with van der Waals surface area (Å²) >= 11 is 11.9. The standard InChI is InChI=1S/C12H14Cl2N2O3/c1-18-12(17)10-7-16(2-3-19-10)6-8-5-15-11(14)4-9(8)13/h4-5,10H,2-3,6-7H2,1H3. The SMILES string of the molecule is COC(=O)C1CN(Cc2cnc(Cl)cc2Cl)CCO1. The first-order chi connectivity index (χ1) is 9.10. The lowest BCUT2D eigenvalue weighted by Crippen LogP contribution is -2.46. The van der Waals surface area contributed by atoms with E-state index in [-0.39, 0.29) is 5.97 Å². The summed E-state index contributed by atoms with van der Waals surface area (Å²) in [5.41, 5.74) is 0.872. The number of aromatic nitrogens is 1. The number of carbonyl (C=O) groups excluding carboxylic acids is 1. The minimum Gasteiger partial charge on any atom is -0.467 e. The number of halogens is 2. The van der Waals surface area contributed by atoms with Crippen molar-refractivity contribution in [1.82, 2.24) is 9.88 Å². The van der Waals surface area contributed by atoms with Crippen LogP contribution in [0, 0.1) is 0 Å². The van der Waals surface area contributed by atoms with Crippen molar-refractivity contribution in [2.45, 2.75) is 12.6 Å². The van der Waals surface area contributed by atoms with Crippen molar-refractivity contribution in [3.63, 3.8) is 0 Å². The second-order valence-corrected chi connectivity index (χ2v) is 5.01. The van der Waals surface area contributed by atoms with Gasteiger partial charge in [0.15, 0.2) is 6.10 Å². The molecule has 0 bridgehead atoms. The minimum absolute atomic E-state index is 0.356. The number of morpholine rings is 1. The van der Waals surface area contributed by atoms with Crippen molar-refractivity contribution in [1.29, 1.82) is 0 Å². The van der Waals surface area contributed by atoms with Gasteiger partial charge >= 0.3 is 5.97 Å². The third-order valence-corrected chi connectivity index (χ3v) is 3.46. The Bertz CT molecular complexity index is 470. The molecule has 0 aliphatic carbocycles. The first-order valence-electron chi connectivity index (χ1n) is 5.82. The highest BCUT2D eigenvalue weighted by atomic mass is 35.5. The zero-order chi connectivity index (χ0) is 13.8. The molecule has 1 aliphatic rings. The summed E-state index contributed by atoms with van der Waals surface area (Å²) in [5, 5.41) is 0.935. The second-order valence-electron chi connectivity index (χ2n) is 4.22. The number of rotatable bonds is 3. The van der Waals surface area contributed by atoms with Gasteiger partial charge in [0.2, 0.25) is 0 Å². The Morgan fingerprint density at radius 2 is 2.42 bits per heavy atom. The smallest absolute Gasteiger partial charge is 0.336 e. The van der Waals surface area contributed by atoms with E-state index in [1.807, 2.05) is 0 Å². The molecule has 104 valence electrons. The number of nitrogens with zero attached hydrogens (tertiary/aromatic N) is 2. The molecule has 0 aromatic carbocycles. The summed E-state index contributed by atoms with van der Waals surface area (Å²) < 4.78 is 10.0. The molecule has 0 saturated carbocycles. The summed E-state index contributed by atoms with van der Waals surface area (Å²) in [5.74, 6) is -0.356. The Morgan fingerprint density at radius 3 is 3.11 bits per heavy atom. The highest BCUT2D eigenvalue weighted by Gasteiger charge is 2.27. The fourth-order valence-electron chi connectivity index (χ4n) is 1.91. The van der Waals surface area contributed by atoms with Crippen LogP contribution in [0.2, 0.25) is 10.2 Å². The maximum Gasteiger partial charge on any atom is 0.336 e. The van der Waals surface area contributed by atoms with Gasteiger partial charge in [-0.05, 0) is 6.07 Å². The van der Waals surface area contributed by atoms with E-state index in [0.717, 1.165) is 12.1 Å². The van der Waals surface area contributed by atoms with Gasteiger partial charge in [0.25, 0.3) is 0 Å². The number of ether oxygens (including phenoxy) is 2. The minimum atomic E-state index is -0.544. The molecule has 0 N–H and O–H groups in total. The lowest BCUT2D eigenvalue weighted by molar-refractivity contribution is -0.160. The van der Waals surface area contributed by atoms with Crippen LogP contribution in [0.4, 0.5) is 0 Å². The van der Waals surface area contributed by atoms with Crippen molar-refractivity contribution >= 4 is 29.2 Å². The van der Waals surface area contributed by atoms with Gasteiger partial charge in [0.1, 0.15) is 5.15 Å². The number of hydrogen-bond donors (Lipinski definition) is 0. The van der Waals surface area contributed by atoms with Gasteiger partial charge in [-0.25, -0.2) is 9.78 Å². The number of pyridine rings is 1. The van der Waals surface area contributed by atoms with Gasteiger partial charge in [-0.2, -0.15) is 0 Å². The molecule has 1 atom stereocenters. The van der Waals surface area contributed by atoms with Crippen molar-refractivity contribution < 1.29 is 14.3 Å². The molecule has 1 aromatic rings. The van der Waals surface area contributed by atoms with E-state index >= 15 is 0 Å². The molecule has 1 fully saturated rings. The molecule has 1 aromatic heterocycles. The lowest BCUT2D eigenvalue weighted by Gasteiger charge is -2.31. The number of methoxy groups -OCH3 is 1. The average molecular weight is 305 g/mol. The first kappa shape index (κ1) is 14.5. The van der Waals surface area contributed by atoms with E-state index in [9.17, 15) is 4.79 Å². The molecular weight excluding hydrogens is 291 g/mol.